The molecule has 3 saturated carbocycles. The van der Waals surface area contributed by atoms with Crippen LogP contribution in [-0.4, -0.2) is 0 Å². The van der Waals surface area contributed by atoms with Crippen molar-refractivity contribution in [2.75, 3.05) is 0 Å². The van der Waals surface area contributed by atoms with Crippen LogP contribution in [0.2, 0.25) is 0 Å². The van der Waals surface area contributed by atoms with Crippen molar-refractivity contribution in [3.8, 4) is 0 Å². The number of hydrogen-bond donors (Lipinski definition) is 0. The fourth-order valence-electron chi connectivity index (χ4n) is 6.13. The van der Waals surface area contributed by atoms with Crippen LogP contribution in [0.4, 0.5) is 0 Å². The molecule has 0 saturated heterocycles. The molecule has 0 bridgehead atoms. The van der Waals surface area contributed by atoms with Gasteiger partial charge in [-0.25, -0.2) is 0 Å². The third kappa shape index (κ3) is 3.58. The molecule has 3 atom stereocenters. The molecule has 0 amide bonds. The molecule has 3 rings (SSSR count). The van der Waals surface area contributed by atoms with Crippen molar-refractivity contribution < 1.29 is 0 Å². The van der Waals surface area contributed by atoms with Crippen LogP contribution < -0.4 is 0 Å². The predicted octanol–water partition coefficient (Wildman–Crippen LogP) is 7.62. The van der Waals surface area contributed by atoms with E-state index in [4.69, 9.17) is 0 Å². The number of rotatable bonds is 2. The van der Waals surface area contributed by atoms with Crippen molar-refractivity contribution in [3.05, 3.63) is 35.5 Å². The van der Waals surface area contributed by atoms with Gasteiger partial charge >= 0.3 is 0 Å². The lowest BCUT2D eigenvalue weighted by molar-refractivity contribution is 0.104. The van der Waals surface area contributed by atoms with Gasteiger partial charge in [-0.2, -0.15) is 0 Å². The number of fused-ring (bicyclic) bond motifs is 1. The van der Waals surface area contributed by atoms with E-state index in [0.29, 0.717) is 5.41 Å². The monoisotopic (exact) mass is 326 g/mol. The van der Waals surface area contributed by atoms with Gasteiger partial charge in [-0.3, -0.25) is 0 Å². The summed E-state index contributed by atoms with van der Waals surface area (Å²) in [4.78, 5) is 0. The molecule has 0 radical (unpaired) electrons. The van der Waals surface area contributed by atoms with Crippen molar-refractivity contribution >= 4 is 0 Å². The first kappa shape index (κ1) is 18.0. The van der Waals surface area contributed by atoms with Gasteiger partial charge in [0.05, 0.1) is 0 Å². The quantitative estimate of drug-likeness (QED) is 0.489. The molecule has 0 nitrogen and oxygen atoms in total. The molecule has 3 aliphatic rings. The largest absolute Gasteiger partial charge is 0.0956 e. The summed E-state index contributed by atoms with van der Waals surface area (Å²) < 4.78 is 0. The molecule has 0 aliphatic heterocycles. The molecule has 0 aromatic rings. The highest BCUT2D eigenvalue weighted by molar-refractivity contribution is 5.34. The molecule has 0 unspecified atom stereocenters. The number of allylic oxidation sites excluding steroid dienone is 5. The van der Waals surface area contributed by atoms with E-state index in [2.05, 4.69) is 39.5 Å². The smallest absolute Gasteiger partial charge is 0.0143 e. The third-order valence-corrected chi connectivity index (χ3v) is 7.47. The van der Waals surface area contributed by atoms with Crippen LogP contribution in [0.5, 0.6) is 0 Å². The summed E-state index contributed by atoms with van der Waals surface area (Å²) in [5, 5.41) is 0. The van der Waals surface area contributed by atoms with E-state index in [1.165, 1.54) is 76.2 Å². The maximum atomic E-state index is 4.38. The SMILES string of the molecule is C=C1CCCCCC/C1=C\C=C1/CCC[C@]2(C)[C@@H](C(C)C)CC[C@@H]12. The van der Waals surface area contributed by atoms with Gasteiger partial charge in [0.25, 0.3) is 0 Å². The fraction of sp³-hybridized carbons (Fsp3) is 0.750. The Hall–Kier alpha value is -0.780. The van der Waals surface area contributed by atoms with E-state index < -0.39 is 0 Å². The normalized spacial score (nSPS) is 38.4. The Morgan fingerprint density at radius 1 is 0.958 bits per heavy atom. The first-order valence-corrected chi connectivity index (χ1v) is 10.6. The minimum absolute atomic E-state index is 0.564. The maximum Gasteiger partial charge on any atom is -0.0143 e. The van der Waals surface area contributed by atoms with Gasteiger partial charge in [0.1, 0.15) is 0 Å². The second kappa shape index (κ2) is 7.63. The third-order valence-electron chi connectivity index (χ3n) is 7.47. The summed E-state index contributed by atoms with van der Waals surface area (Å²) in [5.74, 6) is 2.61. The van der Waals surface area contributed by atoms with Crippen LogP contribution in [0.25, 0.3) is 0 Å². The van der Waals surface area contributed by atoms with E-state index in [1.54, 1.807) is 11.1 Å². The highest BCUT2D eigenvalue weighted by atomic mass is 14.5. The highest BCUT2D eigenvalue weighted by Crippen LogP contribution is 2.59. The summed E-state index contributed by atoms with van der Waals surface area (Å²) >= 11 is 0. The first-order valence-electron chi connectivity index (χ1n) is 10.6. The van der Waals surface area contributed by atoms with Crippen molar-refractivity contribution in [3.63, 3.8) is 0 Å². The average Bonchev–Trinajstić information content (AvgIpc) is 2.88. The standard InChI is InChI=1S/C24H38/c1-18(2)22-15-16-23-21(12-9-17-24(22,23)4)14-13-20-11-8-6-5-7-10-19(20)3/h13-14,18,22-23H,3,5-12,15-17H2,1-2,4H3/b20-13+,21-14+/t22-,23+,24-/m1/s1. The zero-order valence-electron chi connectivity index (χ0n) is 16.4. The van der Waals surface area contributed by atoms with Gasteiger partial charge in [-0.15, -0.1) is 0 Å². The first-order chi connectivity index (χ1) is 11.5. The zero-order valence-corrected chi connectivity index (χ0v) is 16.4. The molecule has 0 aromatic carbocycles. The lowest BCUT2D eigenvalue weighted by Crippen LogP contribution is -2.35. The van der Waals surface area contributed by atoms with Crippen LogP contribution in [0.15, 0.2) is 35.5 Å². The van der Waals surface area contributed by atoms with Crippen LogP contribution in [0.1, 0.15) is 91.4 Å². The van der Waals surface area contributed by atoms with Crippen molar-refractivity contribution in [2.45, 2.75) is 91.4 Å². The summed E-state index contributed by atoms with van der Waals surface area (Å²) in [6, 6.07) is 0. The lowest BCUT2D eigenvalue weighted by atomic mass is 9.61. The van der Waals surface area contributed by atoms with Gasteiger partial charge in [0, 0.05) is 0 Å². The molecule has 134 valence electrons. The topological polar surface area (TPSA) is 0 Å². The van der Waals surface area contributed by atoms with Crippen molar-refractivity contribution in [2.24, 2.45) is 23.2 Å². The maximum absolute atomic E-state index is 4.38. The molecule has 3 aliphatic carbocycles. The van der Waals surface area contributed by atoms with E-state index in [9.17, 15) is 0 Å². The van der Waals surface area contributed by atoms with Crippen LogP contribution in [-0.2, 0) is 0 Å². The van der Waals surface area contributed by atoms with Crippen LogP contribution in [0, 0.1) is 23.2 Å². The Kier molecular flexibility index (Phi) is 5.73. The van der Waals surface area contributed by atoms with Gasteiger partial charge in [0.15, 0.2) is 0 Å². The number of hydrogen-bond acceptors (Lipinski definition) is 0. The van der Waals surface area contributed by atoms with E-state index in [1.807, 2.05) is 0 Å². The van der Waals surface area contributed by atoms with E-state index >= 15 is 0 Å². The Morgan fingerprint density at radius 3 is 2.46 bits per heavy atom. The predicted molar refractivity (Wildman–Crippen MR) is 106 cm³/mol. The molecule has 0 heterocycles. The van der Waals surface area contributed by atoms with Gasteiger partial charge in [-0.05, 0) is 86.5 Å². The molecule has 0 aromatic heterocycles. The van der Waals surface area contributed by atoms with Gasteiger partial charge < -0.3 is 0 Å². The molecular weight excluding hydrogens is 288 g/mol. The van der Waals surface area contributed by atoms with E-state index in [0.717, 1.165) is 17.8 Å². The molecule has 24 heavy (non-hydrogen) atoms. The van der Waals surface area contributed by atoms with E-state index in [-0.39, 0.29) is 0 Å². The second-order valence-electron chi connectivity index (χ2n) is 9.29. The van der Waals surface area contributed by atoms with Gasteiger partial charge in [0.2, 0.25) is 0 Å². The minimum atomic E-state index is 0.564. The van der Waals surface area contributed by atoms with Gasteiger partial charge in [-0.1, -0.05) is 63.5 Å². The summed E-state index contributed by atoms with van der Waals surface area (Å²) in [7, 11) is 0. The summed E-state index contributed by atoms with van der Waals surface area (Å²) in [5.41, 5.74) is 5.29. The Labute approximate surface area is 150 Å². The lowest BCUT2D eigenvalue weighted by Gasteiger charge is -2.43. The summed E-state index contributed by atoms with van der Waals surface area (Å²) in [6.07, 6.45) is 20.0. The Morgan fingerprint density at radius 2 is 1.71 bits per heavy atom. The van der Waals surface area contributed by atoms with Crippen molar-refractivity contribution in [1.82, 2.24) is 0 Å². The summed E-state index contributed by atoms with van der Waals surface area (Å²) in [6.45, 7) is 11.9. The highest BCUT2D eigenvalue weighted by Gasteiger charge is 2.49. The minimum Gasteiger partial charge on any atom is -0.0956 e. The molecule has 0 heteroatoms. The van der Waals surface area contributed by atoms with Crippen LogP contribution in [0.3, 0.4) is 0 Å². The average molecular weight is 327 g/mol. The molecule has 3 fully saturated rings. The Balaban J connectivity index is 1.79. The van der Waals surface area contributed by atoms with Crippen molar-refractivity contribution in [1.29, 1.82) is 0 Å². The Bertz CT molecular complexity index is 518. The fourth-order valence-corrected chi connectivity index (χ4v) is 6.13. The second-order valence-corrected chi connectivity index (χ2v) is 9.29. The van der Waals surface area contributed by atoms with Crippen LogP contribution >= 0.6 is 0 Å². The molecule has 0 N–H and O–H groups in total. The molecular formula is C24H38. The zero-order chi connectivity index (χ0) is 17.2. The molecule has 0 spiro atoms.